The predicted molar refractivity (Wildman–Crippen MR) is 425 cm³/mol. The molecule has 0 N–H and O–H groups in total. The number of rotatable bonds is 71. The van der Waals surface area contributed by atoms with Crippen molar-refractivity contribution in [3.8, 4) is 0 Å². The number of likely N-dealkylation sites (N-methyl/N-ethyl adjacent to an activating group) is 1. The first-order valence-corrected chi connectivity index (χ1v) is 39.6. The number of carbonyl (C=O) groups is 3. The Hall–Kier alpha value is -5.87. The van der Waals surface area contributed by atoms with Gasteiger partial charge in [-0.2, -0.15) is 0 Å². The summed E-state index contributed by atoms with van der Waals surface area (Å²) in [6.07, 6.45) is 117. The Bertz CT molecular complexity index is 2340. The summed E-state index contributed by atoms with van der Waals surface area (Å²) in [6.45, 7) is 4.51. The summed E-state index contributed by atoms with van der Waals surface area (Å²) in [5, 5.41) is 11.9. The molecule has 0 radical (unpaired) electrons. The van der Waals surface area contributed by atoms with Crippen LogP contribution in [0.15, 0.2) is 194 Å². The van der Waals surface area contributed by atoms with Crippen LogP contribution < -0.4 is 5.11 Å². The lowest BCUT2D eigenvalue weighted by atomic mass is 10.0. The highest BCUT2D eigenvalue weighted by atomic mass is 16.7. The van der Waals surface area contributed by atoms with Crippen LogP contribution in [-0.4, -0.2) is 82.3 Å². The predicted octanol–water partition coefficient (Wildman–Crippen LogP) is 24.4. The van der Waals surface area contributed by atoms with E-state index in [0.29, 0.717) is 17.4 Å². The maximum absolute atomic E-state index is 13.0. The summed E-state index contributed by atoms with van der Waals surface area (Å²) in [5.74, 6) is -2.30. The molecule has 0 fully saturated rings. The molecule has 0 aromatic rings. The van der Waals surface area contributed by atoms with E-state index in [-0.39, 0.29) is 38.6 Å². The molecule has 0 saturated carbocycles. The van der Waals surface area contributed by atoms with E-state index >= 15 is 0 Å². The Kier molecular flexibility index (Phi) is 73.2. The van der Waals surface area contributed by atoms with Gasteiger partial charge in [-0.05, 0) is 141 Å². The monoisotopic (exact) mass is 1370 g/mol. The third-order valence-electron chi connectivity index (χ3n) is 16.3. The number of quaternary nitrogens is 1. The van der Waals surface area contributed by atoms with Crippen molar-refractivity contribution in [2.45, 2.75) is 309 Å². The molecule has 0 aromatic heterocycles. The minimum Gasteiger partial charge on any atom is -0.545 e. The summed E-state index contributed by atoms with van der Waals surface area (Å²) in [5.41, 5.74) is 0. The average Bonchev–Trinajstić information content (AvgIpc) is 2.19. The zero-order chi connectivity index (χ0) is 71.8. The van der Waals surface area contributed by atoms with E-state index in [9.17, 15) is 19.5 Å². The maximum atomic E-state index is 13.0. The van der Waals surface area contributed by atoms with Gasteiger partial charge in [0.25, 0.3) is 0 Å². The zero-order valence-corrected chi connectivity index (χ0v) is 63.8. The minimum absolute atomic E-state index is 0.138. The van der Waals surface area contributed by atoms with Gasteiger partial charge in [-0.25, -0.2) is 0 Å². The molecule has 0 aromatic carbocycles. The summed E-state index contributed by atoms with van der Waals surface area (Å²) >= 11 is 0. The summed E-state index contributed by atoms with van der Waals surface area (Å²) < 4.78 is 22.8. The van der Waals surface area contributed by atoms with Crippen molar-refractivity contribution < 1.29 is 42.9 Å². The molecule has 0 bridgehead atoms. The normalized spacial score (nSPS) is 13.7. The van der Waals surface area contributed by atoms with Crippen molar-refractivity contribution in [1.29, 1.82) is 0 Å². The second-order valence-electron chi connectivity index (χ2n) is 26.9. The highest BCUT2D eigenvalue weighted by Gasteiger charge is 2.22. The van der Waals surface area contributed by atoms with Crippen LogP contribution in [0.2, 0.25) is 0 Å². The van der Waals surface area contributed by atoms with E-state index in [1.165, 1.54) is 116 Å². The highest BCUT2D eigenvalue weighted by Crippen LogP contribution is 2.17. The van der Waals surface area contributed by atoms with Crippen molar-refractivity contribution in [2.75, 3.05) is 47.5 Å². The first kappa shape index (κ1) is 93.1. The van der Waals surface area contributed by atoms with Crippen LogP contribution in [0.5, 0.6) is 0 Å². The molecule has 9 heteroatoms. The largest absolute Gasteiger partial charge is 0.545 e. The topological polar surface area (TPSA) is 111 Å². The van der Waals surface area contributed by atoms with Crippen molar-refractivity contribution >= 4 is 17.9 Å². The van der Waals surface area contributed by atoms with E-state index in [2.05, 4.69) is 208 Å². The van der Waals surface area contributed by atoms with Crippen LogP contribution in [0, 0.1) is 0 Å². The van der Waals surface area contributed by atoms with E-state index in [1.54, 1.807) is 0 Å². The highest BCUT2D eigenvalue weighted by molar-refractivity contribution is 5.70. The first-order valence-electron chi connectivity index (χ1n) is 39.6. The lowest BCUT2D eigenvalue weighted by molar-refractivity contribution is -0.870. The van der Waals surface area contributed by atoms with Gasteiger partial charge in [-0.3, -0.25) is 9.59 Å². The molecular weight excluding hydrogens is 1220 g/mol. The van der Waals surface area contributed by atoms with Gasteiger partial charge in [-0.1, -0.05) is 337 Å². The van der Waals surface area contributed by atoms with Crippen LogP contribution >= 0.6 is 0 Å². The molecule has 99 heavy (non-hydrogen) atoms. The molecule has 0 heterocycles. The second-order valence-corrected chi connectivity index (χ2v) is 26.9. The molecule has 0 aliphatic carbocycles. The average molecular weight is 1370 g/mol. The fourth-order valence-corrected chi connectivity index (χ4v) is 10.4. The molecule has 2 unspecified atom stereocenters. The zero-order valence-electron chi connectivity index (χ0n) is 63.8. The standard InChI is InChI=1S/C90H145NO8/c1-6-8-10-12-14-16-18-20-22-24-26-28-30-32-34-36-38-40-42-44-46-48-50-52-54-56-58-60-62-64-66-68-70-72-74-76-78-80-87(92)97-84-86(85-98-90(89(94)95)96-83-82-91(3,4)5)99-88(93)81-79-77-75-73-71-69-67-65-63-61-59-57-55-53-51-49-47-45-43-41-39-37-35-33-31-29-27-25-23-21-19-17-15-13-11-9-7-2/h8-11,14-17,20-23,26-29,32-35,38-41,44-47,51,53,57,59,86,90H,6-7,12-13,18-19,24-25,30-31,36-37,42-43,48-50,52,54-56,58,60-85H2,1-5H3/b10-8-,11-9-,16-14-,17-15-,22-20-,23-21-,28-26-,29-27-,34-32-,35-33-,40-38-,41-39-,46-44-,47-45-,53-51-,59-57-. The Labute approximate surface area is 608 Å². The van der Waals surface area contributed by atoms with Gasteiger partial charge in [0.05, 0.1) is 40.3 Å². The van der Waals surface area contributed by atoms with Crippen LogP contribution in [0.25, 0.3) is 0 Å². The van der Waals surface area contributed by atoms with Crippen molar-refractivity contribution in [1.82, 2.24) is 0 Å². The number of unbranched alkanes of at least 4 members (excludes halogenated alkanes) is 24. The Morgan fingerprint density at radius 1 is 0.303 bits per heavy atom. The van der Waals surface area contributed by atoms with Crippen molar-refractivity contribution in [2.24, 2.45) is 0 Å². The van der Waals surface area contributed by atoms with Crippen LogP contribution in [-0.2, 0) is 33.3 Å². The summed E-state index contributed by atoms with van der Waals surface area (Å²) in [7, 11) is 5.92. The Balaban J connectivity index is 4.12. The number of carboxylic acid groups (broad SMARTS) is 1. The molecule has 2 atom stereocenters. The van der Waals surface area contributed by atoms with E-state index in [0.717, 1.165) is 148 Å². The molecule has 0 saturated heterocycles. The fraction of sp³-hybridized carbons (Fsp3) is 0.611. The molecule has 0 rings (SSSR count). The van der Waals surface area contributed by atoms with Crippen LogP contribution in [0.3, 0.4) is 0 Å². The van der Waals surface area contributed by atoms with Gasteiger partial charge >= 0.3 is 11.9 Å². The number of carboxylic acids is 1. The molecule has 0 aliphatic heterocycles. The van der Waals surface area contributed by atoms with E-state index in [4.69, 9.17) is 18.9 Å². The molecule has 0 amide bonds. The maximum Gasteiger partial charge on any atom is 0.306 e. The van der Waals surface area contributed by atoms with Crippen molar-refractivity contribution in [3.63, 3.8) is 0 Å². The Morgan fingerprint density at radius 2 is 0.545 bits per heavy atom. The number of allylic oxidation sites excluding steroid dienone is 32. The van der Waals surface area contributed by atoms with E-state index < -0.39 is 24.3 Å². The van der Waals surface area contributed by atoms with Crippen molar-refractivity contribution in [3.05, 3.63) is 194 Å². The molecule has 0 aliphatic rings. The number of hydrogen-bond acceptors (Lipinski definition) is 8. The number of nitrogens with zero attached hydrogens (tertiary/aromatic N) is 1. The summed E-state index contributed by atoms with van der Waals surface area (Å²) in [4.78, 5) is 37.6. The third-order valence-corrected chi connectivity index (χ3v) is 16.3. The second kappa shape index (κ2) is 77.9. The quantitative estimate of drug-likeness (QED) is 0.0195. The third kappa shape index (κ3) is 79.3. The molecular formula is C90H145NO8. The minimum atomic E-state index is -1.64. The van der Waals surface area contributed by atoms with Crippen LogP contribution in [0.4, 0.5) is 0 Å². The van der Waals surface area contributed by atoms with E-state index in [1.807, 2.05) is 21.1 Å². The molecule has 558 valence electrons. The number of aliphatic carboxylic acids is 1. The Morgan fingerprint density at radius 3 is 0.808 bits per heavy atom. The van der Waals surface area contributed by atoms with Gasteiger partial charge in [0.2, 0.25) is 0 Å². The fourth-order valence-electron chi connectivity index (χ4n) is 10.4. The number of esters is 2. The van der Waals surface area contributed by atoms with Gasteiger partial charge in [0, 0.05) is 12.8 Å². The van der Waals surface area contributed by atoms with Gasteiger partial charge in [-0.15, -0.1) is 0 Å². The van der Waals surface area contributed by atoms with Gasteiger partial charge in [0.15, 0.2) is 12.4 Å². The van der Waals surface area contributed by atoms with Gasteiger partial charge in [0.1, 0.15) is 13.2 Å². The number of carbonyl (C=O) groups excluding carboxylic acids is 3. The van der Waals surface area contributed by atoms with Gasteiger partial charge < -0.3 is 33.3 Å². The lowest BCUT2D eigenvalue weighted by Gasteiger charge is -2.26. The summed E-state index contributed by atoms with van der Waals surface area (Å²) in [6, 6.07) is 0. The molecule has 9 nitrogen and oxygen atoms in total. The molecule has 0 spiro atoms. The first-order chi connectivity index (χ1) is 48.6. The van der Waals surface area contributed by atoms with Crippen LogP contribution in [0.1, 0.15) is 296 Å². The smallest absolute Gasteiger partial charge is 0.306 e. The lowest BCUT2D eigenvalue weighted by Crippen LogP contribution is -2.44. The SMILES string of the molecule is CC/C=C\C/C=C\C/C=C\C/C=C\C/C=C\C/C=C\C/C=C\C/C=C\C/C=C\CCCCCCCCCCCC(=O)OC(COC(=O)CCCCCCCCCCCCCCCCC/C=C\C/C=C\C/C=C\C/C=C\C/C=C\C/C=C\C/C=C\CC)COC(OCC[N+](C)(C)C)C(=O)[O-]. The number of hydrogen-bond donors (Lipinski definition) is 0. The number of ether oxygens (including phenoxy) is 4.